The van der Waals surface area contributed by atoms with Crippen molar-refractivity contribution in [2.45, 2.75) is 57.2 Å². The van der Waals surface area contributed by atoms with E-state index < -0.39 is 5.60 Å². The minimum atomic E-state index is -0.999. The summed E-state index contributed by atoms with van der Waals surface area (Å²) < 4.78 is 9.34. The molecule has 11 heteroatoms. The Labute approximate surface area is 242 Å². The van der Waals surface area contributed by atoms with Gasteiger partial charge in [-0.1, -0.05) is 18.2 Å². The summed E-state index contributed by atoms with van der Waals surface area (Å²) in [5.41, 5.74) is 3.23. The topological polar surface area (TPSA) is 110 Å². The van der Waals surface area contributed by atoms with Crippen molar-refractivity contribution in [2.75, 3.05) is 30.4 Å². The van der Waals surface area contributed by atoms with Gasteiger partial charge in [-0.2, -0.15) is 4.98 Å². The average molecular weight is 565 g/mol. The number of nitrogens with zero attached hydrogens (tertiary/aromatic N) is 7. The third kappa shape index (κ3) is 3.79. The van der Waals surface area contributed by atoms with Gasteiger partial charge in [0, 0.05) is 36.9 Å². The normalized spacial score (nSPS) is 20.8. The molecule has 1 fully saturated rings. The molecule has 3 aliphatic heterocycles. The van der Waals surface area contributed by atoms with Crippen molar-refractivity contribution in [3.8, 4) is 11.6 Å². The molecule has 1 aromatic carbocycles. The average Bonchev–Trinajstić information content (AvgIpc) is 3.66. The first kappa shape index (κ1) is 25.2. The lowest BCUT2D eigenvalue weighted by Gasteiger charge is -2.37. The molecule has 3 aromatic heterocycles. The number of amides is 1. The molecular formula is C31H32N8O3. The van der Waals surface area contributed by atoms with E-state index in [-0.39, 0.29) is 11.5 Å². The van der Waals surface area contributed by atoms with Gasteiger partial charge < -0.3 is 15.0 Å². The van der Waals surface area contributed by atoms with Crippen molar-refractivity contribution >= 4 is 34.4 Å². The number of ether oxygens (including phenoxy) is 1. The number of benzene rings is 1. The molecule has 4 aromatic rings. The first-order chi connectivity index (χ1) is 20.2. The Morgan fingerprint density at radius 1 is 1.05 bits per heavy atom. The lowest BCUT2D eigenvalue weighted by molar-refractivity contribution is -0.132. The maximum absolute atomic E-state index is 13.6. The third-order valence-corrected chi connectivity index (χ3v) is 8.86. The van der Waals surface area contributed by atoms with Crippen LogP contribution in [0, 0.1) is 0 Å². The van der Waals surface area contributed by atoms with E-state index in [1.807, 2.05) is 18.2 Å². The highest BCUT2D eigenvalue weighted by atomic mass is 16.5. The van der Waals surface area contributed by atoms with Gasteiger partial charge in [0.25, 0.3) is 11.5 Å². The van der Waals surface area contributed by atoms with Gasteiger partial charge in [-0.3, -0.25) is 14.5 Å². The number of carbonyl (C=O) groups excluding carboxylic acids is 1. The zero-order chi connectivity index (χ0) is 28.8. The molecule has 8 rings (SSSR count). The fourth-order valence-corrected chi connectivity index (χ4v) is 6.72. The number of likely N-dealkylation sites (N-methyl/N-ethyl adjacent to an activating group) is 1. The molecule has 0 radical (unpaired) electrons. The molecule has 0 unspecified atom stereocenters. The lowest BCUT2D eigenvalue weighted by atomic mass is 9.87. The van der Waals surface area contributed by atoms with Gasteiger partial charge in [0.1, 0.15) is 5.39 Å². The number of anilines is 3. The quantitative estimate of drug-likeness (QED) is 0.368. The van der Waals surface area contributed by atoms with Crippen LogP contribution in [0.3, 0.4) is 0 Å². The van der Waals surface area contributed by atoms with Crippen LogP contribution >= 0.6 is 0 Å². The van der Waals surface area contributed by atoms with Crippen molar-refractivity contribution in [1.82, 2.24) is 29.2 Å². The molecule has 11 nitrogen and oxygen atoms in total. The van der Waals surface area contributed by atoms with Crippen LogP contribution in [-0.2, 0) is 23.3 Å². The molecule has 1 saturated carbocycles. The van der Waals surface area contributed by atoms with Gasteiger partial charge in [-0.15, -0.1) is 0 Å². The van der Waals surface area contributed by atoms with Gasteiger partial charge in [-0.25, -0.2) is 19.3 Å². The molecule has 1 spiro atoms. The summed E-state index contributed by atoms with van der Waals surface area (Å²) in [5.74, 6) is 1.67. The fourth-order valence-electron chi connectivity index (χ4n) is 6.72. The van der Waals surface area contributed by atoms with Crippen LogP contribution in [-0.4, -0.2) is 60.9 Å². The Hall–Kier alpha value is -4.51. The maximum atomic E-state index is 13.6. The predicted octanol–water partition coefficient (Wildman–Crippen LogP) is 3.66. The van der Waals surface area contributed by atoms with Crippen molar-refractivity contribution in [1.29, 1.82) is 0 Å². The standard InChI is InChI=1S/C31H32N8O3/c1-30(2)28(41)37-13-5-4-6-14-38-27(40)21-16-32-29(35-25(21)39(38)24-10-9-23(42-30)26(37)34-24)33-20-7-8-22-19(15-20)17-36(3)18-31(22)11-12-31/h4,6-10,15-16H,5,11-14,17-18H2,1-3H3,(H,32,33,35)/b6-4+. The van der Waals surface area contributed by atoms with Crippen molar-refractivity contribution in [3.05, 3.63) is 70.2 Å². The van der Waals surface area contributed by atoms with E-state index in [0.29, 0.717) is 59.3 Å². The van der Waals surface area contributed by atoms with E-state index in [1.165, 1.54) is 24.0 Å². The van der Waals surface area contributed by atoms with Gasteiger partial charge in [-0.05, 0) is 75.5 Å². The van der Waals surface area contributed by atoms with Crippen LogP contribution in [0.25, 0.3) is 16.9 Å². The van der Waals surface area contributed by atoms with Crippen molar-refractivity contribution in [2.24, 2.45) is 0 Å². The number of rotatable bonds is 2. The van der Waals surface area contributed by atoms with E-state index in [2.05, 4.69) is 40.4 Å². The summed E-state index contributed by atoms with van der Waals surface area (Å²) in [5, 5.41) is 3.76. The molecule has 2 bridgehead atoms. The van der Waals surface area contributed by atoms with Crippen molar-refractivity contribution < 1.29 is 9.53 Å². The second-order valence-corrected chi connectivity index (χ2v) is 12.4. The molecule has 1 aliphatic carbocycles. The molecule has 214 valence electrons. The Bertz CT molecular complexity index is 1880. The molecule has 0 atom stereocenters. The monoisotopic (exact) mass is 564 g/mol. The number of hydrogen-bond acceptors (Lipinski definition) is 8. The highest BCUT2D eigenvalue weighted by molar-refractivity contribution is 6.01. The van der Waals surface area contributed by atoms with Gasteiger partial charge >= 0.3 is 0 Å². The van der Waals surface area contributed by atoms with Crippen LogP contribution in [0.1, 0.15) is 44.2 Å². The Morgan fingerprint density at radius 2 is 1.90 bits per heavy atom. The largest absolute Gasteiger partial charge is 0.474 e. The number of hydrogen-bond donors (Lipinski definition) is 1. The van der Waals surface area contributed by atoms with E-state index in [9.17, 15) is 9.59 Å². The number of allylic oxidation sites excluding steroid dienone is 1. The van der Waals surface area contributed by atoms with Gasteiger partial charge in [0.2, 0.25) is 5.95 Å². The first-order valence-electron chi connectivity index (χ1n) is 14.5. The van der Waals surface area contributed by atoms with Gasteiger partial charge in [0.15, 0.2) is 28.6 Å². The van der Waals surface area contributed by atoms with E-state index in [1.54, 1.807) is 40.4 Å². The molecule has 4 aliphatic rings. The zero-order valence-corrected chi connectivity index (χ0v) is 23.9. The van der Waals surface area contributed by atoms with E-state index in [0.717, 1.165) is 18.8 Å². The molecule has 6 heterocycles. The number of pyridine rings is 1. The first-order valence-corrected chi connectivity index (χ1v) is 14.5. The Balaban J connectivity index is 1.23. The molecule has 1 amide bonds. The van der Waals surface area contributed by atoms with Gasteiger partial charge in [0.05, 0.1) is 6.54 Å². The second-order valence-electron chi connectivity index (χ2n) is 12.4. The summed E-state index contributed by atoms with van der Waals surface area (Å²) in [6.07, 6.45) is 8.59. The number of carbonyl (C=O) groups is 1. The van der Waals surface area contributed by atoms with Crippen LogP contribution in [0.15, 0.2) is 53.5 Å². The number of aromatic nitrogens is 5. The molecule has 0 saturated heterocycles. The lowest BCUT2D eigenvalue weighted by Crippen LogP contribution is -2.53. The molecule has 1 N–H and O–H groups in total. The summed E-state index contributed by atoms with van der Waals surface area (Å²) in [7, 11) is 2.18. The number of fused-ring (bicyclic) bond motifs is 7. The Kier molecular flexibility index (Phi) is 5.25. The van der Waals surface area contributed by atoms with Crippen LogP contribution in [0.4, 0.5) is 17.5 Å². The minimum absolute atomic E-state index is 0.153. The SMILES string of the molecule is CN1Cc2cc(Nc3ncc4c(=O)n5n(c4n3)-c3ccc4c(n3)N(CC/C=C/C5)C(=O)C(C)(C)O4)ccc2C2(CC2)C1. The van der Waals surface area contributed by atoms with E-state index >= 15 is 0 Å². The summed E-state index contributed by atoms with van der Waals surface area (Å²) in [4.78, 5) is 45.1. The highest BCUT2D eigenvalue weighted by Gasteiger charge is 2.48. The Morgan fingerprint density at radius 3 is 2.74 bits per heavy atom. The maximum Gasteiger partial charge on any atom is 0.278 e. The second kappa shape index (κ2) is 8.75. The summed E-state index contributed by atoms with van der Waals surface area (Å²) in [6, 6.07) is 10.1. The summed E-state index contributed by atoms with van der Waals surface area (Å²) in [6.45, 7) is 6.34. The minimum Gasteiger partial charge on any atom is -0.474 e. The molecular weight excluding hydrogens is 532 g/mol. The predicted molar refractivity (Wildman–Crippen MR) is 159 cm³/mol. The fraction of sp³-hybridized carbons (Fsp3) is 0.387. The molecule has 42 heavy (non-hydrogen) atoms. The van der Waals surface area contributed by atoms with Crippen LogP contribution in [0.5, 0.6) is 5.75 Å². The van der Waals surface area contributed by atoms with E-state index in [4.69, 9.17) is 14.7 Å². The third-order valence-electron chi connectivity index (χ3n) is 8.86. The van der Waals surface area contributed by atoms with Crippen LogP contribution < -0.4 is 20.5 Å². The zero-order valence-electron chi connectivity index (χ0n) is 23.9. The number of nitrogens with one attached hydrogen (secondary N) is 1. The highest BCUT2D eigenvalue weighted by Crippen LogP contribution is 2.52. The van der Waals surface area contributed by atoms with Crippen molar-refractivity contribution in [3.63, 3.8) is 0 Å². The van der Waals surface area contributed by atoms with Crippen LogP contribution in [0.2, 0.25) is 0 Å². The smallest absolute Gasteiger partial charge is 0.278 e. The summed E-state index contributed by atoms with van der Waals surface area (Å²) >= 11 is 0.